The zero-order valence-electron chi connectivity index (χ0n) is 21.3. The molecule has 0 fully saturated rings. The van der Waals surface area contributed by atoms with Gasteiger partial charge in [-0.15, -0.1) is 10.2 Å². The maximum absolute atomic E-state index is 13.0. The van der Waals surface area contributed by atoms with Gasteiger partial charge in [0.2, 0.25) is 5.91 Å². The van der Waals surface area contributed by atoms with Crippen LogP contribution in [0.3, 0.4) is 0 Å². The average molecular weight is 528 g/mol. The van der Waals surface area contributed by atoms with Crippen LogP contribution >= 0.6 is 23.5 Å². The SMILES string of the molecule is CCn1c(SCC(=O)Nc2ccc(C)c(C)c2)nnc1C(CCSC)NC(=O)c1ccc(OC)cc1. The summed E-state index contributed by atoms with van der Waals surface area (Å²) in [7, 11) is 1.59. The van der Waals surface area contributed by atoms with Crippen molar-refractivity contribution in [3.8, 4) is 5.75 Å². The predicted molar refractivity (Wildman–Crippen MR) is 147 cm³/mol. The number of rotatable bonds is 12. The Hall–Kier alpha value is -2.98. The number of carbonyl (C=O) groups excluding carboxylic acids is 2. The summed E-state index contributed by atoms with van der Waals surface area (Å²) >= 11 is 3.04. The number of aryl methyl sites for hydroxylation is 2. The molecule has 0 saturated heterocycles. The molecule has 1 atom stereocenters. The molecular weight excluding hydrogens is 494 g/mol. The normalized spacial score (nSPS) is 11.7. The summed E-state index contributed by atoms with van der Waals surface area (Å²) < 4.78 is 7.15. The van der Waals surface area contributed by atoms with Crippen molar-refractivity contribution in [3.05, 3.63) is 65.0 Å². The van der Waals surface area contributed by atoms with Gasteiger partial charge in [-0.2, -0.15) is 11.8 Å². The number of ether oxygens (including phenoxy) is 1. The minimum atomic E-state index is -0.307. The zero-order valence-corrected chi connectivity index (χ0v) is 23.0. The van der Waals surface area contributed by atoms with E-state index in [1.54, 1.807) is 43.1 Å². The molecule has 0 aliphatic heterocycles. The van der Waals surface area contributed by atoms with Gasteiger partial charge in [0.05, 0.1) is 18.9 Å². The molecule has 36 heavy (non-hydrogen) atoms. The number of carbonyl (C=O) groups is 2. The summed E-state index contributed by atoms with van der Waals surface area (Å²) in [5.74, 6) is 2.15. The van der Waals surface area contributed by atoms with Gasteiger partial charge in [0.25, 0.3) is 5.91 Å². The van der Waals surface area contributed by atoms with Gasteiger partial charge < -0.3 is 19.9 Å². The zero-order chi connectivity index (χ0) is 26.1. The Morgan fingerprint density at radius 1 is 1.08 bits per heavy atom. The standard InChI is InChI=1S/C26H33N5O3S2/c1-6-31-24(22(13-14-35-5)28-25(33)19-8-11-21(34-4)12-9-19)29-30-26(31)36-16-23(32)27-20-10-7-17(2)18(3)15-20/h7-12,15,22H,6,13-14,16H2,1-5H3,(H,27,32)(H,28,33). The van der Waals surface area contributed by atoms with Crippen molar-refractivity contribution in [2.45, 2.75) is 44.9 Å². The number of thioether (sulfide) groups is 2. The predicted octanol–water partition coefficient (Wildman–Crippen LogP) is 4.88. The van der Waals surface area contributed by atoms with Gasteiger partial charge in [-0.05, 0) is 86.7 Å². The molecular formula is C26H33N5O3S2. The molecule has 0 radical (unpaired) electrons. The molecule has 1 heterocycles. The number of methoxy groups -OCH3 is 1. The summed E-state index contributed by atoms with van der Waals surface area (Å²) in [6, 6.07) is 12.5. The van der Waals surface area contributed by atoms with Gasteiger partial charge in [-0.3, -0.25) is 9.59 Å². The molecule has 192 valence electrons. The molecule has 10 heteroatoms. The summed E-state index contributed by atoms with van der Waals surface area (Å²) in [5.41, 5.74) is 3.63. The van der Waals surface area contributed by atoms with Crippen LogP contribution in [0.2, 0.25) is 0 Å². The van der Waals surface area contributed by atoms with Crippen molar-refractivity contribution in [2.24, 2.45) is 0 Å². The van der Waals surface area contributed by atoms with Crippen LogP contribution in [0, 0.1) is 13.8 Å². The smallest absolute Gasteiger partial charge is 0.251 e. The number of aromatic nitrogens is 3. The lowest BCUT2D eigenvalue weighted by molar-refractivity contribution is -0.113. The molecule has 0 aliphatic rings. The summed E-state index contributed by atoms with van der Waals surface area (Å²) in [6.07, 6.45) is 2.74. The number of amides is 2. The molecule has 2 amide bonds. The second kappa shape index (κ2) is 13.4. The third-order valence-electron chi connectivity index (χ3n) is 5.76. The van der Waals surface area contributed by atoms with Crippen molar-refractivity contribution < 1.29 is 14.3 Å². The minimum Gasteiger partial charge on any atom is -0.497 e. The molecule has 1 unspecified atom stereocenters. The first kappa shape index (κ1) is 27.6. The number of nitrogens with one attached hydrogen (secondary N) is 2. The van der Waals surface area contributed by atoms with Gasteiger partial charge in [-0.25, -0.2) is 0 Å². The van der Waals surface area contributed by atoms with Crippen molar-refractivity contribution in [2.75, 3.05) is 30.2 Å². The topological polar surface area (TPSA) is 98.1 Å². The maximum atomic E-state index is 13.0. The Kier molecular flexibility index (Phi) is 10.2. The van der Waals surface area contributed by atoms with Crippen LogP contribution in [-0.2, 0) is 11.3 Å². The van der Waals surface area contributed by atoms with E-state index in [1.165, 1.54) is 17.3 Å². The highest BCUT2D eigenvalue weighted by Crippen LogP contribution is 2.24. The van der Waals surface area contributed by atoms with Gasteiger partial charge in [0, 0.05) is 17.8 Å². The lowest BCUT2D eigenvalue weighted by Gasteiger charge is -2.19. The van der Waals surface area contributed by atoms with Crippen molar-refractivity contribution in [1.82, 2.24) is 20.1 Å². The van der Waals surface area contributed by atoms with Gasteiger partial charge in [0.1, 0.15) is 5.75 Å². The second-order valence-corrected chi connectivity index (χ2v) is 10.2. The largest absolute Gasteiger partial charge is 0.497 e. The van der Waals surface area contributed by atoms with E-state index in [0.717, 1.165) is 17.0 Å². The molecule has 2 aromatic carbocycles. The molecule has 1 aromatic heterocycles. The van der Waals surface area contributed by atoms with Crippen molar-refractivity contribution in [3.63, 3.8) is 0 Å². The van der Waals surface area contributed by atoms with Gasteiger partial charge in [-0.1, -0.05) is 17.8 Å². The fourth-order valence-corrected chi connectivity index (χ4v) is 4.87. The minimum absolute atomic E-state index is 0.109. The molecule has 0 spiro atoms. The highest BCUT2D eigenvalue weighted by Gasteiger charge is 2.23. The Labute approximate surface area is 221 Å². The van der Waals surface area contributed by atoms with Crippen LogP contribution in [-0.4, -0.2) is 51.5 Å². The van der Waals surface area contributed by atoms with Crippen LogP contribution in [0.4, 0.5) is 5.69 Å². The monoisotopic (exact) mass is 527 g/mol. The van der Waals surface area contributed by atoms with Gasteiger partial charge in [0.15, 0.2) is 11.0 Å². The quantitative estimate of drug-likeness (QED) is 0.324. The third-order valence-corrected chi connectivity index (χ3v) is 7.38. The number of nitrogens with zero attached hydrogens (tertiary/aromatic N) is 3. The third kappa shape index (κ3) is 7.27. The first-order chi connectivity index (χ1) is 17.4. The lowest BCUT2D eigenvalue weighted by atomic mass is 10.1. The average Bonchev–Trinajstić information content (AvgIpc) is 3.30. The van der Waals surface area contributed by atoms with Crippen LogP contribution in [0.25, 0.3) is 0 Å². The first-order valence-electron chi connectivity index (χ1n) is 11.7. The summed E-state index contributed by atoms with van der Waals surface area (Å²) in [4.78, 5) is 25.5. The van der Waals surface area contributed by atoms with Crippen molar-refractivity contribution >= 4 is 41.0 Å². The van der Waals surface area contributed by atoms with E-state index in [2.05, 4.69) is 20.8 Å². The van der Waals surface area contributed by atoms with E-state index in [4.69, 9.17) is 4.74 Å². The van der Waals surface area contributed by atoms with Crippen LogP contribution in [0.5, 0.6) is 5.75 Å². The van der Waals surface area contributed by atoms with Crippen LogP contribution in [0.1, 0.15) is 46.7 Å². The summed E-state index contributed by atoms with van der Waals surface area (Å²) in [5, 5.41) is 15.5. The Balaban J connectivity index is 1.70. The second-order valence-electron chi connectivity index (χ2n) is 8.26. The molecule has 3 aromatic rings. The molecule has 0 bridgehead atoms. The maximum Gasteiger partial charge on any atom is 0.251 e. The van der Waals surface area contributed by atoms with E-state index in [1.807, 2.05) is 49.8 Å². The Bertz CT molecular complexity index is 1180. The first-order valence-corrected chi connectivity index (χ1v) is 14.1. The number of hydrogen-bond donors (Lipinski definition) is 2. The lowest BCUT2D eigenvalue weighted by Crippen LogP contribution is -2.31. The fraction of sp³-hybridized carbons (Fsp3) is 0.385. The highest BCUT2D eigenvalue weighted by atomic mass is 32.2. The van der Waals surface area contributed by atoms with Gasteiger partial charge >= 0.3 is 0 Å². The number of benzene rings is 2. The highest BCUT2D eigenvalue weighted by molar-refractivity contribution is 7.99. The van der Waals surface area contributed by atoms with Crippen LogP contribution in [0.15, 0.2) is 47.6 Å². The Morgan fingerprint density at radius 3 is 2.47 bits per heavy atom. The molecule has 0 saturated carbocycles. The molecule has 3 rings (SSSR count). The van der Waals surface area contributed by atoms with E-state index in [9.17, 15) is 9.59 Å². The van der Waals surface area contributed by atoms with E-state index in [-0.39, 0.29) is 23.6 Å². The van der Waals surface area contributed by atoms with E-state index >= 15 is 0 Å². The van der Waals surface area contributed by atoms with E-state index in [0.29, 0.717) is 35.3 Å². The van der Waals surface area contributed by atoms with E-state index < -0.39 is 0 Å². The van der Waals surface area contributed by atoms with Crippen molar-refractivity contribution in [1.29, 1.82) is 0 Å². The van der Waals surface area contributed by atoms with Crippen LogP contribution < -0.4 is 15.4 Å². The summed E-state index contributed by atoms with van der Waals surface area (Å²) in [6.45, 7) is 6.68. The fourth-order valence-electron chi connectivity index (χ4n) is 3.59. The molecule has 8 nitrogen and oxygen atoms in total. The molecule has 2 N–H and O–H groups in total. The Morgan fingerprint density at radius 2 is 1.83 bits per heavy atom. The molecule has 0 aliphatic carbocycles. The number of hydrogen-bond acceptors (Lipinski definition) is 7. The number of anilines is 1.